The Morgan fingerprint density at radius 3 is 2.48 bits per heavy atom. The molecule has 0 spiro atoms. The van der Waals surface area contributed by atoms with Crippen LogP contribution in [0.1, 0.15) is 23.7 Å². The van der Waals surface area contributed by atoms with E-state index < -0.39 is 6.10 Å². The first-order valence-electron chi connectivity index (χ1n) is 10.6. The van der Waals surface area contributed by atoms with Crippen molar-refractivity contribution in [3.63, 3.8) is 0 Å². The maximum absolute atomic E-state index is 13.0. The van der Waals surface area contributed by atoms with Gasteiger partial charge >= 0.3 is 0 Å². The minimum Gasteiger partial charge on any atom is -0.481 e. The van der Waals surface area contributed by atoms with Gasteiger partial charge in [0.05, 0.1) is 24.5 Å². The lowest BCUT2D eigenvalue weighted by atomic mass is 10.1. The smallest absolute Gasteiger partial charge is 0.265 e. The molecule has 0 aromatic heterocycles. The van der Waals surface area contributed by atoms with E-state index in [9.17, 15) is 9.59 Å². The van der Waals surface area contributed by atoms with Gasteiger partial charge < -0.3 is 19.7 Å². The predicted molar refractivity (Wildman–Crippen MR) is 120 cm³/mol. The number of nitrogens with one attached hydrogen (secondary N) is 1. The Balaban J connectivity index is 1.49. The van der Waals surface area contributed by atoms with Crippen LogP contribution in [0.3, 0.4) is 0 Å². The number of amides is 2. The first-order chi connectivity index (χ1) is 15.2. The van der Waals surface area contributed by atoms with E-state index in [1.807, 2.05) is 49.4 Å². The van der Waals surface area contributed by atoms with Gasteiger partial charge in [-0.15, -0.1) is 0 Å². The third-order valence-electron chi connectivity index (χ3n) is 5.38. The van der Waals surface area contributed by atoms with Crippen molar-refractivity contribution in [2.24, 2.45) is 0 Å². The quantitative estimate of drug-likeness (QED) is 0.654. The summed E-state index contributed by atoms with van der Waals surface area (Å²) in [6.45, 7) is 4.04. The molecule has 6 nitrogen and oxygen atoms in total. The van der Waals surface area contributed by atoms with Gasteiger partial charge in [-0.25, -0.2) is 0 Å². The molecule has 31 heavy (non-hydrogen) atoms. The van der Waals surface area contributed by atoms with Gasteiger partial charge in [-0.1, -0.05) is 49.4 Å². The first kappa shape index (κ1) is 20.9. The van der Waals surface area contributed by atoms with Gasteiger partial charge in [0.2, 0.25) is 0 Å². The van der Waals surface area contributed by atoms with Gasteiger partial charge in [-0.2, -0.15) is 0 Å². The molecule has 3 aromatic rings. The van der Waals surface area contributed by atoms with Gasteiger partial charge in [-0.05, 0) is 41.5 Å². The van der Waals surface area contributed by atoms with Crippen molar-refractivity contribution in [3.8, 4) is 5.75 Å². The highest BCUT2D eigenvalue weighted by atomic mass is 16.5. The van der Waals surface area contributed by atoms with Gasteiger partial charge in [0.25, 0.3) is 11.8 Å². The Hall–Kier alpha value is -3.38. The number of hydrogen-bond acceptors (Lipinski definition) is 4. The Labute approximate surface area is 181 Å². The second-order valence-electron chi connectivity index (χ2n) is 7.46. The third-order valence-corrected chi connectivity index (χ3v) is 5.38. The molecule has 0 bridgehead atoms. The summed E-state index contributed by atoms with van der Waals surface area (Å²) in [5, 5.41) is 5.06. The molecule has 1 fully saturated rings. The van der Waals surface area contributed by atoms with E-state index in [2.05, 4.69) is 5.32 Å². The number of hydrogen-bond donors (Lipinski definition) is 1. The van der Waals surface area contributed by atoms with Crippen molar-refractivity contribution >= 4 is 28.3 Å². The van der Waals surface area contributed by atoms with Crippen molar-refractivity contribution < 1.29 is 19.1 Å². The minimum absolute atomic E-state index is 0.109. The summed E-state index contributed by atoms with van der Waals surface area (Å²) < 4.78 is 11.3. The predicted octanol–water partition coefficient (Wildman–Crippen LogP) is 4.11. The van der Waals surface area contributed by atoms with E-state index >= 15 is 0 Å². The summed E-state index contributed by atoms with van der Waals surface area (Å²) in [4.78, 5) is 27.7. The molecule has 0 aliphatic carbocycles. The molecule has 4 rings (SSSR count). The van der Waals surface area contributed by atoms with Gasteiger partial charge in [0.15, 0.2) is 6.10 Å². The highest BCUT2D eigenvalue weighted by Gasteiger charge is 2.24. The van der Waals surface area contributed by atoms with Crippen LogP contribution >= 0.6 is 0 Å². The monoisotopic (exact) mass is 418 g/mol. The molecule has 1 saturated heterocycles. The molecule has 0 unspecified atom stereocenters. The van der Waals surface area contributed by atoms with Gasteiger partial charge in [0, 0.05) is 13.1 Å². The molecular weight excluding hydrogens is 392 g/mol. The van der Waals surface area contributed by atoms with Crippen molar-refractivity contribution in [2.75, 3.05) is 31.6 Å². The first-order valence-corrected chi connectivity index (χ1v) is 10.6. The SMILES string of the molecule is CC[C@H](Oc1ccc2ccccc2c1)C(=O)Nc1ccccc1C(=O)N1CCOCC1. The zero-order valence-corrected chi connectivity index (χ0v) is 17.5. The van der Waals surface area contributed by atoms with E-state index in [0.717, 1.165) is 10.8 Å². The van der Waals surface area contributed by atoms with Crippen LogP contribution in [-0.4, -0.2) is 49.1 Å². The largest absolute Gasteiger partial charge is 0.481 e. The van der Waals surface area contributed by atoms with Crippen LogP contribution in [0.25, 0.3) is 10.8 Å². The third kappa shape index (κ3) is 4.86. The summed E-state index contributed by atoms with van der Waals surface area (Å²) in [7, 11) is 0. The standard InChI is InChI=1S/C25H26N2O4/c1-2-23(31-20-12-11-18-7-3-4-8-19(18)17-20)24(28)26-22-10-6-5-9-21(22)25(29)27-13-15-30-16-14-27/h3-12,17,23H,2,13-16H2,1H3,(H,26,28)/t23-/m0/s1. The highest BCUT2D eigenvalue weighted by molar-refractivity contribution is 6.04. The lowest BCUT2D eigenvalue weighted by molar-refractivity contribution is -0.122. The molecule has 1 aliphatic rings. The average Bonchev–Trinajstić information content (AvgIpc) is 2.82. The van der Waals surface area contributed by atoms with E-state index in [0.29, 0.717) is 49.7 Å². The normalized spacial score (nSPS) is 14.8. The summed E-state index contributed by atoms with van der Waals surface area (Å²) in [6, 6.07) is 20.9. The molecule has 3 aromatic carbocycles. The number of ether oxygens (including phenoxy) is 2. The van der Waals surface area contributed by atoms with Crippen molar-refractivity contribution in [3.05, 3.63) is 72.3 Å². The van der Waals surface area contributed by atoms with Crippen LogP contribution in [0.5, 0.6) is 5.75 Å². The molecule has 1 atom stereocenters. The molecule has 1 aliphatic heterocycles. The molecule has 0 saturated carbocycles. The molecule has 0 radical (unpaired) electrons. The topological polar surface area (TPSA) is 67.9 Å². The Kier molecular flexibility index (Phi) is 6.48. The Morgan fingerprint density at radius 1 is 1.00 bits per heavy atom. The van der Waals surface area contributed by atoms with Crippen LogP contribution < -0.4 is 10.1 Å². The number of nitrogens with zero attached hydrogens (tertiary/aromatic N) is 1. The van der Waals surface area contributed by atoms with Crippen molar-refractivity contribution in [1.82, 2.24) is 4.90 Å². The molecule has 160 valence electrons. The number of anilines is 1. The summed E-state index contributed by atoms with van der Waals surface area (Å²) in [6.07, 6.45) is -0.175. The highest BCUT2D eigenvalue weighted by Crippen LogP contribution is 2.23. The zero-order valence-electron chi connectivity index (χ0n) is 17.5. The Morgan fingerprint density at radius 2 is 1.71 bits per heavy atom. The van der Waals surface area contributed by atoms with Crippen molar-refractivity contribution in [2.45, 2.75) is 19.4 Å². The molecule has 1 N–H and O–H groups in total. The fourth-order valence-corrected chi connectivity index (χ4v) is 3.66. The van der Waals surface area contributed by atoms with E-state index in [1.165, 1.54) is 0 Å². The number of carbonyl (C=O) groups excluding carboxylic acids is 2. The molecule has 1 heterocycles. The number of fused-ring (bicyclic) bond motifs is 1. The summed E-state index contributed by atoms with van der Waals surface area (Å²) in [5.41, 5.74) is 0.961. The summed E-state index contributed by atoms with van der Waals surface area (Å²) in [5.74, 6) is 0.249. The van der Waals surface area contributed by atoms with E-state index in [1.54, 1.807) is 29.2 Å². The number of carbonyl (C=O) groups is 2. The van der Waals surface area contributed by atoms with Gasteiger partial charge in [0.1, 0.15) is 5.75 Å². The second-order valence-corrected chi connectivity index (χ2v) is 7.46. The van der Waals surface area contributed by atoms with Crippen LogP contribution in [0.2, 0.25) is 0 Å². The zero-order chi connectivity index (χ0) is 21.6. The number of rotatable bonds is 6. The van der Waals surface area contributed by atoms with E-state index in [-0.39, 0.29) is 11.8 Å². The Bertz CT molecular complexity index is 1080. The molecule has 2 amide bonds. The fourth-order valence-electron chi connectivity index (χ4n) is 3.66. The molecular formula is C25H26N2O4. The van der Waals surface area contributed by atoms with E-state index in [4.69, 9.17) is 9.47 Å². The maximum Gasteiger partial charge on any atom is 0.265 e. The second kappa shape index (κ2) is 9.62. The van der Waals surface area contributed by atoms with Crippen LogP contribution in [0.4, 0.5) is 5.69 Å². The fraction of sp³-hybridized carbons (Fsp3) is 0.280. The molecule has 6 heteroatoms. The summed E-state index contributed by atoms with van der Waals surface area (Å²) >= 11 is 0. The number of para-hydroxylation sites is 1. The number of morpholine rings is 1. The lowest BCUT2D eigenvalue weighted by Gasteiger charge is -2.27. The lowest BCUT2D eigenvalue weighted by Crippen LogP contribution is -2.41. The average molecular weight is 418 g/mol. The number of benzene rings is 3. The van der Waals surface area contributed by atoms with Crippen LogP contribution in [0.15, 0.2) is 66.7 Å². The van der Waals surface area contributed by atoms with Crippen LogP contribution in [-0.2, 0) is 9.53 Å². The van der Waals surface area contributed by atoms with Gasteiger partial charge in [-0.3, -0.25) is 9.59 Å². The maximum atomic E-state index is 13.0. The van der Waals surface area contributed by atoms with Crippen molar-refractivity contribution in [1.29, 1.82) is 0 Å². The minimum atomic E-state index is -0.673. The van der Waals surface area contributed by atoms with Crippen LogP contribution in [0, 0.1) is 0 Å².